The molecular formula is C10H19ClO2. The van der Waals surface area contributed by atoms with Gasteiger partial charge in [-0.25, -0.2) is 0 Å². The normalized spacial score (nSPS) is 15.5. The van der Waals surface area contributed by atoms with Gasteiger partial charge in [-0.2, -0.15) is 0 Å². The van der Waals surface area contributed by atoms with Crippen molar-refractivity contribution >= 4 is 17.6 Å². The van der Waals surface area contributed by atoms with Gasteiger partial charge in [0.25, 0.3) is 0 Å². The average Bonchev–Trinajstić information content (AvgIpc) is 1.97. The minimum absolute atomic E-state index is 0.000000000000000444. The van der Waals surface area contributed by atoms with Gasteiger partial charge in [0.2, 0.25) is 0 Å². The molecule has 0 aromatic rings. The quantitative estimate of drug-likeness (QED) is 0.566. The van der Waals surface area contributed by atoms with Crippen LogP contribution >= 0.6 is 11.6 Å². The van der Waals surface area contributed by atoms with E-state index < -0.39 is 5.97 Å². The van der Waals surface area contributed by atoms with Crippen molar-refractivity contribution in [3.05, 3.63) is 0 Å². The molecule has 0 aromatic carbocycles. The molecule has 0 spiro atoms. The van der Waals surface area contributed by atoms with Crippen LogP contribution in [0.4, 0.5) is 0 Å². The molecule has 1 fully saturated rings. The van der Waals surface area contributed by atoms with E-state index in [9.17, 15) is 4.79 Å². The summed E-state index contributed by atoms with van der Waals surface area (Å²) in [6.45, 7) is 2.17. The number of carbonyl (C=O) groups is 1. The third-order valence-corrected chi connectivity index (χ3v) is 2.46. The maximum Gasteiger partial charge on any atom is 0.306 e. The molecule has 78 valence electrons. The summed E-state index contributed by atoms with van der Waals surface area (Å²) in [6, 6.07) is 0. The Bertz CT molecular complexity index is 129. The second-order valence-corrected chi connectivity index (χ2v) is 3.74. The van der Waals surface area contributed by atoms with Crippen molar-refractivity contribution in [1.29, 1.82) is 0 Å². The van der Waals surface area contributed by atoms with Crippen LogP contribution in [0.15, 0.2) is 0 Å². The van der Waals surface area contributed by atoms with Gasteiger partial charge in [-0.05, 0) is 19.3 Å². The lowest BCUT2D eigenvalue weighted by Crippen LogP contribution is -2.20. The number of halogens is 1. The number of unbranched alkanes of at least 4 members (excludes halogenated alkanes) is 2. The first-order valence-corrected chi connectivity index (χ1v) is 5.54. The maximum atomic E-state index is 9.98. The number of rotatable bonds is 4. The fraction of sp³-hybridized carbons (Fsp3) is 0.900. The summed E-state index contributed by atoms with van der Waals surface area (Å²) in [5.41, 5.74) is 0. The topological polar surface area (TPSA) is 37.3 Å². The highest BCUT2D eigenvalue weighted by Crippen LogP contribution is 2.25. The van der Waals surface area contributed by atoms with Crippen LogP contribution in [-0.2, 0) is 4.79 Å². The van der Waals surface area contributed by atoms with Gasteiger partial charge < -0.3 is 5.11 Å². The molecule has 1 N–H and O–H groups in total. The van der Waals surface area contributed by atoms with Gasteiger partial charge in [0.15, 0.2) is 0 Å². The zero-order valence-corrected chi connectivity index (χ0v) is 9.02. The predicted molar refractivity (Wildman–Crippen MR) is 55.2 cm³/mol. The van der Waals surface area contributed by atoms with E-state index in [1.807, 2.05) is 0 Å². The molecule has 3 heteroatoms. The molecule has 0 radical (unpaired) electrons. The van der Waals surface area contributed by atoms with Crippen molar-refractivity contribution in [3.8, 4) is 0 Å². The zero-order valence-electron chi connectivity index (χ0n) is 8.26. The fourth-order valence-corrected chi connectivity index (χ4v) is 1.19. The smallest absolute Gasteiger partial charge is 0.306 e. The summed E-state index contributed by atoms with van der Waals surface area (Å²) >= 11 is 5.38. The first kappa shape index (κ1) is 12.8. The fourth-order valence-electron chi connectivity index (χ4n) is 1.000. The molecule has 2 nitrogen and oxygen atoms in total. The Morgan fingerprint density at radius 2 is 2.08 bits per heavy atom. The van der Waals surface area contributed by atoms with Gasteiger partial charge in [0.1, 0.15) is 0 Å². The van der Waals surface area contributed by atoms with Crippen LogP contribution in [0.1, 0.15) is 45.4 Å². The number of hydrogen-bond acceptors (Lipinski definition) is 1. The van der Waals surface area contributed by atoms with Crippen molar-refractivity contribution in [2.45, 2.75) is 45.4 Å². The Labute approximate surface area is 85.3 Å². The average molecular weight is 207 g/mol. The monoisotopic (exact) mass is 206 g/mol. The highest BCUT2D eigenvalue weighted by Gasteiger charge is 2.23. The highest BCUT2D eigenvalue weighted by molar-refractivity contribution is 6.17. The first-order chi connectivity index (χ1) is 6.22. The Morgan fingerprint density at radius 1 is 1.46 bits per heavy atom. The highest BCUT2D eigenvalue weighted by atomic mass is 35.5. The summed E-state index contributed by atoms with van der Waals surface area (Å²) in [5, 5.41) is 8.23. The molecule has 0 aliphatic heterocycles. The summed E-state index contributed by atoms with van der Waals surface area (Å²) in [7, 11) is 0. The molecule has 0 amide bonds. The third kappa shape index (κ3) is 6.88. The largest absolute Gasteiger partial charge is 0.481 e. The Balaban J connectivity index is 0.000000226. The maximum absolute atomic E-state index is 9.98. The van der Waals surface area contributed by atoms with E-state index in [1.165, 1.54) is 19.3 Å². The van der Waals surface area contributed by atoms with Crippen LogP contribution in [-0.4, -0.2) is 17.0 Å². The third-order valence-electron chi connectivity index (χ3n) is 2.19. The molecule has 0 aromatic heterocycles. The molecule has 0 atom stereocenters. The van der Waals surface area contributed by atoms with E-state index in [2.05, 4.69) is 6.92 Å². The molecule has 0 unspecified atom stereocenters. The molecule has 0 saturated heterocycles. The Kier molecular flexibility index (Phi) is 8.21. The second-order valence-electron chi connectivity index (χ2n) is 3.36. The van der Waals surface area contributed by atoms with Crippen LogP contribution in [0.2, 0.25) is 0 Å². The van der Waals surface area contributed by atoms with Crippen LogP contribution in [0.25, 0.3) is 0 Å². The van der Waals surface area contributed by atoms with Crippen LogP contribution in [0, 0.1) is 5.92 Å². The van der Waals surface area contributed by atoms with Crippen LogP contribution < -0.4 is 0 Å². The van der Waals surface area contributed by atoms with Crippen molar-refractivity contribution in [2.75, 3.05) is 5.88 Å². The van der Waals surface area contributed by atoms with Crippen molar-refractivity contribution in [1.82, 2.24) is 0 Å². The SMILES string of the molecule is CCCCCCl.O=C(O)C1CCC1. The summed E-state index contributed by atoms with van der Waals surface area (Å²) in [5.74, 6) is 0.208. The molecule has 0 heterocycles. The molecule has 1 aliphatic carbocycles. The van der Waals surface area contributed by atoms with Gasteiger partial charge in [0.05, 0.1) is 5.92 Å². The van der Waals surface area contributed by atoms with E-state index in [1.54, 1.807) is 0 Å². The lowest BCUT2D eigenvalue weighted by atomic mass is 9.86. The standard InChI is InChI=1S/C5H11Cl.C5H8O2/c1-2-3-4-5-6;6-5(7)4-2-1-3-4/h2-5H2,1H3;4H,1-3H2,(H,6,7). The number of carboxylic acid groups (broad SMARTS) is 1. The van der Waals surface area contributed by atoms with E-state index in [4.69, 9.17) is 16.7 Å². The second kappa shape index (κ2) is 8.36. The van der Waals surface area contributed by atoms with Crippen LogP contribution in [0.3, 0.4) is 0 Å². The van der Waals surface area contributed by atoms with Gasteiger partial charge in [-0.1, -0.05) is 26.2 Å². The lowest BCUT2D eigenvalue weighted by molar-refractivity contribution is -0.144. The number of aliphatic carboxylic acids is 1. The number of hydrogen-bond donors (Lipinski definition) is 1. The van der Waals surface area contributed by atoms with Crippen molar-refractivity contribution in [3.63, 3.8) is 0 Å². The minimum Gasteiger partial charge on any atom is -0.481 e. The molecule has 1 aliphatic rings. The van der Waals surface area contributed by atoms with Gasteiger partial charge >= 0.3 is 5.97 Å². The Morgan fingerprint density at radius 3 is 2.15 bits per heavy atom. The van der Waals surface area contributed by atoms with Gasteiger partial charge in [0, 0.05) is 5.88 Å². The van der Waals surface area contributed by atoms with Gasteiger partial charge in [-0.15, -0.1) is 11.6 Å². The predicted octanol–water partition coefficient (Wildman–Crippen LogP) is 3.29. The molecule has 1 saturated carbocycles. The molecule has 0 bridgehead atoms. The lowest BCUT2D eigenvalue weighted by Gasteiger charge is -2.19. The summed E-state index contributed by atoms with van der Waals surface area (Å²) < 4.78 is 0. The Hall–Kier alpha value is -0.240. The first-order valence-electron chi connectivity index (χ1n) is 5.01. The van der Waals surface area contributed by atoms with Gasteiger partial charge in [-0.3, -0.25) is 4.79 Å². The molecular weight excluding hydrogens is 188 g/mol. The van der Waals surface area contributed by atoms with E-state index in [-0.39, 0.29) is 5.92 Å². The summed E-state index contributed by atoms with van der Waals surface area (Å²) in [4.78, 5) is 9.98. The van der Waals surface area contributed by atoms with E-state index in [0.29, 0.717) is 0 Å². The van der Waals surface area contributed by atoms with E-state index >= 15 is 0 Å². The molecule has 13 heavy (non-hydrogen) atoms. The summed E-state index contributed by atoms with van der Waals surface area (Å²) in [6.07, 6.45) is 6.63. The van der Waals surface area contributed by atoms with Crippen molar-refractivity contribution < 1.29 is 9.90 Å². The number of carboxylic acids is 1. The van der Waals surface area contributed by atoms with Crippen molar-refractivity contribution in [2.24, 2.45) is 5.92 Å². The van der Waals surface area contributed by atoms with Crippen LogP contribution in [0.5, 0.6) is 0 Å². The number of alkyl halides is 1. The van der Waals surface area contributed by atoms with E-state index in [0.717, 1.165) is 25.1 Å². The minimum atomic E-state index is -0.619. The zero-order chi connectivity index (χ0) is 10.1. The molecule has 1 rings (SSSR count).